The topological polar surface area (TPSA) is 63.7 Å². The Balaban J connectivity index is 1.51. The van der Waals surface area contributed by atoms with Crippen LogP contribution in [0.3, 0.4) is 0 Å². The van der Waals surface area contributed by atoms with E-state index in [9.17, 15) is 14.4 Å². The van der Waals surface area contributed by atoms with Crippen LogP contribution in [0.25, 0.3) is 0 Å². The van der Waals surface area contributed by atoms with Gasteiger partial charge in [0.25, 0.3) is 0 Å². The van der Waals surface area contributed by atoms with Gasteiger partial charge in [-0.05, 0) is 60.9 Å². The Bertz CT molecular complexity index is 843. The molecule has 2 amide bonds. The molecule has 1 aromatic heterocycles. The van der Waals surface area contributed by atoms with Gasteiger partial charge in [-0.1, -0.05) is 13.0 Å². The monoisotopic (exact) mass is 369 g/mol. The van der Waals surface area contributed by atoms with E-state index in [2.05, 4.69) is 6.92 Å². The van der Waals surface area contributed by atoms with Gasteiger partial charge >= 0.3 is 5.97 Å². The average molecular weight is 369 g/mol. The molecule has 134 valence electrons. The lowest BCUT2D eigenvalue weighted by atomic mass is 9.76. The second kappa shape index (κ2) is 6.68. The Labute approximate surface area is 155 Å². The van der Waals surface area contributed by atoms with Crippen LogP contribution in [0.4, 0.5) is 5.69 Å². The highest BCUT2D eigenvalue weighted by atomic mass is 32.1. The van der Waals surface area contributed by atoms with Gasteiger partial charge in [0.1, 0.15) is 10.6 Å². The van der Waals surface area contributed by atoms with Crippen molar-refractivity contribution in [1.82, 2.24) is 0 Å². The third-order valence-electron chi connectivity index (χ3n) is 5.22. The molecule has 0 spiro atoms. The standard InChI is InChI=1S/C20H19NO4S/c1-12-4-9-15-16(11-12)19(23)21(18(15)22)13-5-7-14(8-6-13)25-20(24)17-3-2-10-26-17/h2-3,5-8,10,12,15-16H,4,9,11H2,1H3/t12-,15-,16-/m1/s1. The molecule has 0 unspecified atom stereocenters. The first-order valence-electron chi connectivity index (χ1n) is 8.78. The van der Waals surface area contributed by atoms with Gasteiger partial charge in [0.05, 0.1) is 17.5 Å². The number of carbonyl (C=O) groups excluding carboxylic acids is 3. The molecule has 26 heavy (non-hydrogen) atoms. The zero-order valence-electron chi connectivity index (χ0n) is 14.4. The fourth-order valence-electron chi connectivity index (χ4n) is 3.86. The van der Waals surface area contributed by atoms with Crippen molar-refractivity contribution in [2.24, 2.45) is 17.8 Å². The van der Waals surface area contributed by atoms with Crippen molar-refractivity contribution >= 4 is 34.8 Å². The SMILES string of the molecule is C[C@@H]1CC[C@H]2C(=O)N(c3ccc(OC(=O)c4cccs4)cc3)C(=O)[C@@H]2C1. The van der Waals surface area contributed by atoms with Crippen LogP contribution in [0.5, 0.6) is 5.75 Å². The van der Waals surface area contributed by atoms with Crippen molar-refractivity contribution in [3.8, 4) is 5.75 Å². The normalized spacial score (nSPS) is 25.3. The minimum absolute atomic E-state index is 0.102. The molecule has 5 nitrogen and oxygen atoms in total. The average Bonchev–Trinajstić information content (AvgIpc) is 3.24. The minimum Gasteiger partial charge on any atom is -0.422 e. The fourth-order valence-corrected chi connectivity index (χ4v) is 4.46. The number of hydrogen-bond acceptors (Lipinski definition) is 5. The second-order valence-electron chi connectivity index (χ2n) is 7.00. The molecule has 2 aromatic rings. The van der Waals surface area contributed by atoms with Gasteiger partial charge in [0.2, 0.25) is 11.8 Å². The number of fused-ring (bicyclic) bond motifs is 1. The van der Waals surface area contributed by atoms with Crippen LogP contribution < -0.4 is 9.64 Å². The lowest BCUT2D eigenvalue weighted by Gasteiger charge is -2.25. The molecule has 0 N–H and O–H groups in total. The second-order valence-corrected chi connectivity index (χ2v) is 7.95. The van der Waals surface area contributed by atoms with Crippen LogP contribution >= 0.6 is 11.3 Å². The van der Waals surface area contributed by atoms with E-state index >= 15 is 0 Å². The Kier molecular flexibility index (Phi) is 4.36. The third-order valence-corrected chi connectivity index (χ3v) is 6.07. The molecule has 6 heteroatoms. The van der Waals surface area contributed by atoms with E-state index in [1.54, 1.807) is 36.4 Å². The van der Waals surface area contributed by atoms with Gasteiger partial charge < -0.3 is 4.74 Å². The van der Waals surface area contributed by atoms with Crippen molar-refractivity contribution in [1.29, 1.82) is 0 Å². The summed E-state index contributed by atoms with van der Waals surface area (Å²) < 4.78 is 5.32. The molecular weight excluding hydrogens is 350 g/mol. The Morgan fingerprint density at radius 3 is 2.50 bits per heavy atom. The first-order chi connectivity index (χ1) is 12.5. The maximum Gasteiger partial charge on any atom is 0.353 e. The van der Waals surface area contributed by atoms with Crippen LogP contribution in [0.2, 0.25) is 0 Å². The fraction of sp³-hybridized carbons (Fsp3) is 0.350. The van der Waals surface area contributed by atoms with Crippen LogP contribution in [-0.2, 0) is 9.59 Å². The molecule has 4 rings (SSSR count). The summed E-state index contributed by atoms with van der Waals surface area (Å²) >= 11 is 1.31. The quantitative estimate of drug-likeness (QED) is 0.468. The summed E-state index contributed by atoms with van der Waals surface area (Å²) in [4.78, 5) is 39.3. The maximum absolute atomic E-state index is 12.7. The molecule has 2 heterocycles. The summed E-state index contributed by atoms with van der Waals surface area (Å²) in [5.41, 5.74) is 0.540. The van der Waals surface area contributed by atoms with Gasteiger partial charge in [-0.3, -0.25) is 14.5 Å². The van der Waals surface area contributed by atoms with Crippen LogP contribution in [-0.4, -0.2) is 17.8 Å². The van der Waals surface area contributed by atoms with Gasteiger partial charge in [0, 0.05) is 0 Å². The molecule has 0 radical (unpaired) electrons. The number of benzene rings is 1. The predicted octanol–water partition coefficient (Wildman–Crippen LogP) is 3.89. The number of hydrogen-bond donors (Lipinski definition) is 0. The first kappa shape index (κ1) is 17.0. The van der Waals surface area contributed by atoms with Crippen molar-refractivity contribution < 1.29 is 19.1 Å². The van der Waals surface area contributed by atoms with E-state index in [0.717, 1.165) is 19.3 Å². The van der Waals surface area contributed by atoms with Gasteiger partial charge in [-0.15, -0.1) is 11.3 Å². The van der Waals surface area contributed by atoms with E-state index in [4.69, 9.17) is 4.74 Å². The lowest BCUT2D eigenvalue weighted by molar-refractivity contribution is -0.122. The van der Waals surface area contributed by atoms with E-state index < -0.39 is 5.97 Å². The molecular formula is C20H19NO4S. The number of imide groups is 1. The number of carbonyl (C=O) groups is 3. The number of rotatable bonds is 3. The van der Waals surface area contributed by atoms with Crippen LogP contribution in [0.15, 0.2) is 41.8 Å². The van der Waals surface area contributed by atoms with E-state index in [1.165, 1.54) is 16.2 Å². The summed E-state index contributed by atoms with van der Waals surface area (Å²) in [5, 5.41) is 1.81. The van der Waals surface area contributed by atoms with E-state index in [0.29, 0.717) is 22.2 Å². The largest absolute Gasteiger partial charge is 0.422 e. The summed E-state index contributed by atoms with van der Waals surface area (Å²) in [5.74, 6) is -0.131. The first-order valence-corrected chi connectivity index (χ1v) is 9.66. The maximum atomic E-state index is 12.7. The molecule has 2 aliphatic rings. The van der Waals surface area contributed by atoms with E-state index in [-0.39, 0.29) is 23.7 Å². The molecule has 1 aliphatic heterocycles. The minimum atomic E-state index is -0.416. The number of nitrogens with zero attached hydrogens (tertiary/aromatic N) is 1. The summed E-state index contributed by atoms with van der Waals surface area (Å²) in [6.45, 7) is 2.13. The van der Waals surface area contributed by atoms with Gasteiger partial charge in [-0.25, -0.2) is 4.79 Å². The summed E-state index contributed by atoms with van der Waals surface area (Å²) in [7, 11) is 0. The highest BCUT2D eigenvalue weighted by Crippen LogP contribution is 2.42. The number of anilines is 1. The molecule has 1 aromatic carbocycles. The molecule has 3 atom stereocenters. The zero-order chi connectivity index (χ0) is 18.3. The zero-order valence-corrected chi connectivity index (χ0v) is 15.2. The number of esters is 1. The molecule has 1 aliphatic carbocycles. The Hall–Kier alpha value is -2.47. The Morgan fingerprint density at radius 1 is 1.08 bits per heavy atom. The highest BCUT2D eigenvalue weighted by Gasteiger charge is 2.49. The van der Waals surface area contributed by atoms with Crippen molar-refractivity contribution in [3.05, 3.63) is 46.7 Å². The van der Waals surface area contributed by atoms with E-state index in [1.807, 2.05) is 5.38 Å². The summed E-state index contributed by atoms with van der Waals surface area (Å²) in [6.07, 6.45) is 2.55. The molecule has 2 fully saturated rings. The third kappa shape index (κ3) is 2.94. The number of thiophene rings is 1. The highest BCUT2D eigenvalue weighted by molar-refractivity contribution is 7.12. The summed E-state index contributed by atoms with van der Waals surface area (Å²) in [6, 6.07) is 10.0. The predicted molar refractivity (Wildman–Crippen MR) is 98.2 cm³/mol. The van der Waals surface area contributed by atoms with Crippen molar-refractivity contribution in [2.75, 3.05) is 4.90 Å². The Morgan fingerprint density at radius 2 is 1.81 bits per heavy atom. The lowest BCUT2D eigenvalue weighted by Crippen LogP contribution is -2.30. The van der Waals surface area contributed by atoms with Crippen molar-refractivity contribution in [3.63, 3.8) is 0 Å². The molecule has 1 saturated heterocycles. The van der Waals surface area contributed by atoms with Gasteiger partial charge in [0.15, 0.2) is 0 Å². The van der Waals surface area contributed by atoms with Crippen LogP contribution in [0.1, 0.15) is 35.9 Å². The van der Waals surface area contributed by atoms with Crippen molar-refractivity contribution in [2.45, 2.75) is 26.2 Å². The number of amides is 2. The van der Waals surface area contributed by atoms with Gasteiger partial charge in [-0.2, -0.15) is 0 Å². The molecule has 0 bridgehead atoms. The smallest absolute Gasteiger partial charge is 0.353 e. The number of ether oxygens (including phenoxy) is 1. The molecule has 1 saturated carbocycles. The van der Waals surface area contributed by atoms with Crippen LogP contribution in [0, 0.1) is 17.8 Å².